The summed E-state index contributed by atoms with van der Waals surface area (Å²) in [4.78, 5) is 31.0. The Morgan fingerprint density at radius 3 is 2.75 bits per heavy atom. The van der Waals surface area contributed by atoms with E-state index in [9.17, 15) is 9.59 Å². The molecule has 0 atom stereocenters. The van der Waals surface area contributed by atoms with Crippen LogP contribution in [0.4, 0.5) is 0 Å². The number of methoxy groups -OCH3 is 1. The van der Waals surface area contributed by atoms with Gasteiger partial charge in [-0.25, -0.2) is 9.78 Å². The second-order valence-corrected chi connectivity index (χ2v) is 7.29. The highest BCUT2D eigenvalue weighted by Gasteiger charge is 2.28. The van der Waals surface area contributed by atoms with E-state index in [1.54, 1.807) is 21.6 Å². The van der Waals surface area contributed by atoms with Crippen LogP contribution >= 0.6 is 11.6 Å². The number of benzene rings is 1. The van der Waals surface area contributed by atoms with E-state index in [4.69, 9.17) is 20.8 Å². The monoisotopic (exact) mass is 401 g/mol. The molecule has 0 radical (unpaired) electrons. The number of likely N-dealkylation sites (tertiary alicyclic amines) is 1. The minimum atomic E-state index is -0.347. The first-order valence-corrected chi connectivity index (χ1v) is 9.47. The Morgan fingerprint density at radius 2 is 2.04 bits per heavy atom. The molecule has 7 nitrogen and oxygen atoms in total. The van der Waals surface area contributed by atoms with Gasteiger partial charge in [0, 0.05) is 30.8 Å². The highest BCUT2D eigenvalue weighted by Crippen LogP contribution is 2.28. The normalized spacial score (nSPS) is 15.2. The van der Waals surface area contributed by atoms with E-state index in [1.807, 2.05) is 19.1 Å². The van der Waals surface area contributed by atoms with Crippen LogP contribution in [0.25, 0.3) is 11.1 Å². The highest BCUT2D eigenvalue weighted by molar-refractivity contribution is 6.29. The molecule has 1 aliphatic rings. The fourth-order valence-electron chi connectivity index (χ4n) is 3.80. The van der Waals surface area contributed by atoms with E-state index in [0.29, 0.717) is 43.0 Å². The second kappa shape index (κ2) is 7.31. The van der Waals surface area contributed by atoms with Crippen LogP contribution in [0.3, 0.4) is 0 Å². The number of rotatable bonds is 3. The SMILES string of the molecule is COc1cc(C(=O)N2CCC(n3c(=O)oc4cccc(C)c43)CC2)cc(Cl)n1. The minimum Gasteiger partial charge on any atom is -0.481 e. The van der Waals surface area contributed by atoms with Crippen molar-refractivity contribution in [2.24, 2.45) is 0 Å². The molecule has 4 rings (SSSR count). The summed E-state index contributed by atoms with van der Waals surface area (Å²) in [6.45, 7) is 3.04. The van der Waals surface area contributed by atoms with Gasteiger partial charge in [-0.15, -0.1) is 0 Å². The first kappa shape index (κ1) is 18.6. The lowest BCUT2D eigenvalue weighted by Gasteiger charge is -2.32. The standard InChI is InChI=1S/C20H20ClN3O4/c1-12-4-3-5-15-18(12)24(20(26)28-15)14-6-8-23(9-7-14)19(25)13-10-16(21)22-17(11-13)27-2/h3-5,10-11,14H,6-9H2,1-2H3. The fraction of sp³-hybridized carbons (Fsp3) is 0.350. The first-order chi connectivity index (χ1) is 13.5. The zero-order chi connectivity index (χ0) is 19.8. The molecule has 1 aliphatic heterocycles. The summed E-state index contributed by atoms with van der Waals surface area (Å²) in [5, 5.41) is 0.212. The summed E-state index contributed by atoms with van der Waals surface area (Å²) < 4.78 is 12.2. The second-order valence-electron chi connectivity index (χ2n) is 6.90. The number of para-hydroxylation sites is 1. The van der Waals surface area contributed by atoms with Gasteiger partial charge < -0.3 is 14.1 Å². The Bertz CT molecular complexity index is 1100. The molecule has 0 spiro atoms. The summed E-state index contributed by atoms with van der Waals surface area (Å²) in [5.41, 5.74) is 2.88. The number of aryl methyl sites for hydroxylation is 1. The molecule has 3 heterocycles. The number of amides is 1. The van der Waals surface area contributed by atoms with Gasteiger partial charge in [-0.3, -0.25) is 9.36 Å². The predicted octanol–water partition coefficient (Wildman–Crippen LogP) is 3.44. The van der Waals surface area contributed by atoms with Crippen LogP contribution in [0.2, 0.25) is 5.15 Å². The van der Waals surface area contributed by atoms with Gasteiger partial charge in [-0.05, 0) is 37.5 Å². The molecular formula is C20H20ClN3O4. The first-order valence-electron chi connectivity index (χ1n) is 9.09. The number of hydrogen-bond acceptors (Lipinski definition) is 5. The molecule has 3 aromatic rings. The average molecular weight is 402 g/mol. The van der Waals surface area contributed by atoms with Crippen LogP contribution < -0.4 is 10.5 Å². The van der Waals surface area contributed by atoms with Crippen LogP contribution in [0.15, 0.2) is 39.5 Å². The van der Waals surface area contributed by atoms with Crippen LogP contribution in [-0.4, -0.2) is 40.6 Å². The average Bonchev–Trinajstić information content (AvgIpc) is 3.04. The third kappa shape index (κ3) is 3.26. The van der Waals surface area contributed by atoms with Gasteiger partial charge >= 0.3 is 5.76 Å². The van der Waals surface area contributed by atoms with Crippen molar-refractivity contribution in [2.75, 3.05) is 20.2 Å². The number of pyridine rings is 1. The van der Waals surface area contributed by atoms with Crippen molar-refractivity contribution in [1.29, 1.82) is 0 Å². The van der Waals surface area contributed by atoms with Crippen molar-refractivity contribution in [3.8, 4) is 5.88 Å². The number of hydrogen-bond donors (Lipinski definition) is 0. The largest absolute Gasteiger partial charge is 0.481 e. The maximum Gasteiger partial charge on any atom is 0.420 e. The maximum atomic E-state index is 12.8. The number of halogens is 1. The van der Waals surface area contributed by atoms with E-state index in [2.05, 4.69) is 4.98 Å². The molecule has 1 amide bonds. The van der Waals surface area contributed by atoms with Crippen LogP contribution in [0.1, 0.15) is 34.8 Å². The molecule has 8 heteroatoms. The van der Waals surface area contributed by atoms with Gasteiger partial charge in [-0.2, -0.15) is 0 Å². The highest BCUT2D eigenvalue weighted by atomic mass is 35.5. The molecule has 1 saturated heterocycles. The quantitative estimate of drug-likeness (QED) is 0.628. The van der Waals surface area contributed by atoms with E-state index in [-0.39, 0.29) is 22.9 Å². The predicted molar refractivity (Wildman–Crippen MR) is 105 cm³/mol. The molecule has 1 aromatic carbocycles. The van der Waals surface area contributed by atoms with Crippen LogP contribution in [0, 0.1) is 6.92 Å². The van der Waals surface area contributed by atoms with Crippen molar-refractivity contribution in [1.82, 2.24) is 14.5 Å². The van der Waals surface area contributed by atoms with Crippen molar-refractivity contribution in [3.63, 3.8) is 0 Å². The summed E-state index contributed by atoms with van der Waals surface area (Å²) in [7, 11) is 1.48. The summed E-state index contributed by atoms with van der Waals surface area (Å²) in [5.74, 6) is -0.168. The van der Waals surface area contributed by atoms with Gasteiger partial charge in [-0.1, -0.05) is 23.7 Å². The van der Waals surface area contributed by atoms with Crippen molar-refractivity contribution in [2.45, 2.75) is 25.8 Å². The zero-order valence-corrected chi connectivity index (χ0v) is 16.4. The molecule has 0 bridgehead atoms. The van der Waals surface area contributed by atoms with Gasteiger partial charge in [0.15, 0.2) is 5.58 Å². The number of carbonyl (C=O) groups excluding carboxylic acids is 1. The van der Waals surface area contributed by atoms with Gasteiger partial charge in [0.2, 0.25) is 5.88 Å². The Hall–Kier alpha value is -2.80. The number of oxazole rings is 1. The van der Waals surface area contributed by atoms with Gasteiger partial charge in [0.1, 0.15) is 5.15 Å². The Kier molecular flexibility index (Phi) is 4.85. The number of piperidine rings is 1. The van der Waals surface area contributed by atoms with Gasteiger partial charge in [0.25, 0.3) is 5.91 Å². The van der Waals surface area contributed by atoms with Gasteiger partial charge in [0.05, 0.1) is 12.6 Å². The summed E-state index contributed by atoms with van der Waals surface area (Å²) >= 11 is 5.98. The number of carbonyl (C=O) groups is 1. The third-order valence-electron chi connectivity index (χ3n) is 5.18. The Labute approximate surface area is 166 Å². The maximum absolute atomic E-state index is 12.8. The molecule has 0 saturated carbocycles. The van der Waals surface area contributed by atoms with Crippen LogP contribution in [-0.2, 0) is 0 Å². The zero-order valence-electron chi connectivity index (χ0n) is 15.6. The van der Waals surface area contributed by atoms with E-state index < -0.39 is 0 Å². The van der Waals surface area contributed by atoms with E-state index in [1.165, 1.54) is 13.2 Å². The number of nitrogens with zero attached hydrogens (tertiary/aromatic N) is 3. The van der Waals surface area contributed by atoms with Crippen molar-refractivity contribution >= 4 is 28.6 Å². The summed E-state index contributed by atoms with van der Waals surface area (Å²) in [6, 6.07) is 8.76. The van der Waals surface area contributed by atoms with Crippen molar-refractivity contribution < 1.29 is 13.9 Å². The topological polar surface area (TPSA) is 77.6 Å². The third-order valence-corrected chi connectivity index (χ3v) is 5.37. The summed E-state index contributed by atoms with van der Waals surface area (Å²) in [6.07, 6.45) is 1.34. The Balaban J connectivity index is 1.54. The Morgan fingerprint density at radius 1 is 1.29 bits per heavy atom. The molecule has 28 heavy (non-hydrogen) atoms. The molecule has 1 fully saturated rings. The van der Waals surface area contributed by atoms with E-state index in [0.717, 1.165) is 11.1 Å². The lowest BCUT2D eigenvalue weighted by Crippen LogP contribution is -2.40. The number of aromatic nitrogens is 2. The van der Waals surface area contributed by atoms with Crippen LogP contribution in [0.5, 0.6) is 5.88 Å². The smallest absolute Gasteiger partial charge is 0.420 e. The lowest BCUT2D eigenvalue weighted by atomic mass is 10.0. The molecule has 2 aromatic heterocycles. The van der Waals surface area contributed by atoms with E-state index >= 15 is 0 Å². The number of ether oxygens (including phenoxy) is 1. The fourth-order valence-corrected chi connectivity index (χ4v) is 4.00. The molecular weight excluding hydrogens is 382 g/mol. The minimum absolute atomic E-state index is 0.00513. The molecule has 0 unspecified atom stereocenters. The van der Waals surface area contributed by atoms with Crippen molar-refractivity contribution in [3.05, 3.63) is 57.2 Å². The molecule has 0 aliphatic carbocycles. The molecule has 146 valence electrons. The lowest BCUT2D eigenvalue weighted by molar-refractivity contribution is 0.0693. The number of fused-ring (bicyclic) bond motifs is 1. The molecule has 0 N–H and O–H groups in total.